The molecule has 0 aliphatic heterocycles. The zero-order valence-electron chi connectivity index (χ0n) is 9.65. The largest absolute Gasteiger partial charge is 0.467 e. The molecular formula is C13H12N4O. The molecule has 2 aromatic heterocycles. The van der Waals surface area contributed by atoms with E-state index in [1.165, 1.54) is 0 Å². The van der Waals surface area contributed by atoms with Crippen LogP contribution in [0.5, 0.6) is 0 Å². The minimum atomic E-state index is 0.665. The van der Waals surface area contributed by atoms with E-state index in [-0.39, 0.29) is 0 Å². The molecule has 0 spiro atoms. The molecule has 18 heavy (non-hydrogen) atoms. The second-order valence-corrected chi connectivity index (χ2v) is 3.85. The first-order valence-electron chi connectivity index (χ1n) is 5.63. The third-order valence-corrected chi connectivity index (χ3v) is 2.61. The van der Waals surface area contributed by atoms with Gasteiger partial charge in [0.2, 0.25) is 0 Å². The fourth-order valence-electron chi connectivity index (χ4n) is 1.71. The molecule has 0 atom stereocenters. The van der Waals surface area contributed by atoms with Crippen LogP contribution in [0.1, 0.15) is 5.76 Å². The van der Waals surface area contributed by atoms with Crippen molar-refractivity contribution in [2.45, 2.75) is 6.54 Å². The van der Waals surface area contributed by atoms with Gasteiger partial charge >= 0.3 is 0 Å². The summed E-state index contributed by atoms with van der Waals surface area (Å²) in [5, 5.41) is 10.9. The number of furan rings is 1. The van der Waals surface area contributed by atoms with Crippen LogP contribution >= 0.6 is 0 Å². The molecule has 3 rings (SSSR count). The van der Waals surface area contributed by atoms with Crippen molar-refractivity contribution < 1.29 is 4.42 Å². The van der Waals surface area contributed by atoms with E-state index in [1.54, 1.807) is 18.9 Å². The molecule has 5 nitrogen and oxygen atoms in total. The summed E-state index contributed by atoms with van der Waals surface area (Å²) in [4.78, 5) is 0. The number of nitrogens with one attached hydrogen (secondary N) is 1. The monoisotopic (exact) mass is 240 g/mol. The Morgan fingerprint density at radius 1 is 1.11 bits per heavy atom. The Labute approximate surface area is 104 Å². The van der Waals surface area contributed by atoms with Gasteiger partial charge in [0.25, 0.3) is 0 Å². The van der Waals surface area contributed by atoms with Gasteiger partial charge in [-0.25, -0.2) is 0 Å². The highest BCUT2D eigenvalue weighted by Crippen LogP contribution is 2.15. The first kappa shape index (κ1) is 10.6. The van der Waals surface area contributed by atoms with Crippen molar-refractivity contribution in [3.05, 3.63) is 61.1 Å². The topological polar surface area (TPSA) is 55.9 Å². The molecule has 5 heteroatoms. The summed E-state index contributed by atoms with van der Waals surface area (Å²) in [6.07, 6.45) is 5.02. The van der Waals surface area contributed by atoms with Gasteiger partial charge < -0.3 is 9.73 Å². The van der Waals surface area contributed by atoms with Crippen LogP contribution in [0.15, 0.2) is 59.7 Å². The van der Waals surface area contributed by atoms with Crippen molar-refractivity contribution in [3.63, 3.8) is 0 Å². The van der Waals surface area contributed by atoms with E-state index in [4.69, 9.17) is 4.42 Å². The van der Waals surface area contributed by atoms with Gasteiger partial charge in [0.15, 0.2) is 0 Å². The van der Waals surface area contributed by atoms with Gasteiger partial charge in [-0.1, -0.05) is 6.07 Å². The number of anilines is 1. The maximum Gasteiger partial charge on any atom is 0.123 e. The van der Waals surface area contributed by atoms with Crippen LogP contribution in [0, 0.1) is 0 Å². The summed E-state index contributed by atoms with van der Waals surface area (Å²) in [6.45, 7) is 0.665. The van der Waals surface area contributed by atoms with Crippen LogP contribution in [0.4, 0.5) is 5.69 Å². The van der Waals surface area contributed by atoms with Crippen LogP contribution in [-0.2, 0) is 6.54 Å². The zero-order chi connectivity index (χ0) is 12.2. The highest BCUT2D eigenvalue weighted by molar-refractivity contribution is 5.51. The summed E-state index contributed by atoms with van der Waals surface area (Å²) >= 11 is 0. The molecule has 0 unspecified atom stereocenters. The molecule has 3 aromatic rings. The first-order chi connectivity index (χ1) is 8.92. The Hall–Kier alpha value is -2.56. The standard InChI is InChI=1S/C13H12N4O/c1-3-11(14-8-13-5-2-6-18-13)7-12(4-1)17-9-15-16-10-17/h1-7,9-10,14H,8H2. The van der Waals surface area contributed by atoms with Crippen LogP contribution in [0.25, 0.3) is 5.69 Å². The Bertz CT molecular complexity index is 602. The molecule has 90 valence electrons. The smallest absolute Gasteiger partial charge is 0.123 e. The van der Waals surface area contributed by atoms with E-state index >= 15 is 0 Å². The maximum absolute atomic E-state index is 5.27. The van der Waals surface area contributed by atoms with Crippen molar-refractivity contribution in [1.29, 1.82) is 0 Å². The molecule has 0 radical (unpaired) electrons. The second-order valence-electron chi connectivity index (χ2n) is 3.85. The first-order valence-corrected chi connectivity index (χ1v) is 5.63. The van der Waals surface area contributed by atoms with Crippen LogP contribution in [-0.4, -0.2) is 14.8 Å². The molecule has 0 aliphatic carbocycles. The van der Waals surface area contributed by atoms with Gasteiger partial charge in [-0.15, -0.1) is 10.2 Å². The molecule has 0 saturated heterocycles. The third kappa shape index (κ3) is 2.24. The number of rotatable bonds is 4. The van der Waals surface area contributed by atoms with E-state index in [0.29, 0.717) is 6.54 Å². The third-order valence-electron chi connectivity index (χ3n) is 2.61. The fraction of sp³-hybridized carbons (Fsp3) is 0.0769. The van der Waals surface area contributed by atoms with Crippen molar-refractivity contribution in [2.24, 2.45) is 0 Å². The van der Waals surface area contributed by atoms with Crippen molar-refractivity contribution in [3.8, 4) is 5.69 Å². The average Bonchev–Trinajstić information content (AvgIpc) is 3.10. The van der Waals surface area contributed by atoms with Gasteiger partial charge in [0.1, 0.15) is 18.4 Å². The van der Waals surface area contributed by atoms with E-state index < -0.39 is 0 Å². The number of hydrogen-bond donors (Lipinski definition) is 1. The van der Waals surface area contributed by atoms with Crippen molar-refractivity contribution >= 4 is 5.69 Å². The highest BCUT2D eigenvalue weighted by Gasteiger charge is 1.99. The lowest BCUT2D eigenvalue weighted by Crippen LogP contribution is -1.99. The van der Waals surface area contributed by atoms with E-state index in [9.17, 15) is 0 Å². The number of benzene rings is 1. The lowest BCUT2D eigenvalue weighted by molar-refractivity contribution is 0.518. The van der Waals surface area contributed by atoms with Crippen LogP contribution in [0.2, 0.25) is 0 Å². The van der Waals surface area contributed by atoms with Gasteiger partial charge in [-0.05, 0) is 30.3 Å². The van der Waals surface area contributed by atoms with Crippen molar-refractivity contribution in [1.82, 2.24) is 14.8 Å². The summed E-state index contributed by atoms with van der Waals surface area (Å²) < 4.78 is 7.13. The van der Waals surface area contributed by atoms with Crippen LogP contribution < -0.4 is 5.32 Å². The molecular weight excluding hydrogens is 228 g/mol. The average molecular weight is 240 g/mol. The molecule has 2 heterocycles. The van der Waals surface area contributed by atoms with Gasteiger partial charge in [0.05, 0.1) is 18.5 Å². The Morgan fingerprint density at radius 3 is 2.78 bits per heavy atom. The van der Waals surface area contributed by atoms with E-state index in [0.717, 1.165) is 17.1 Å². The molecule has 0 saturated carbocycles. The van der Waals surface area contributed by atoms with Gasteiger partial charge in [0, 0.05) is 5.69 Å². The van der Waals surface area contributed by atoms with Crippen LogP contribution in [0.3, 0.4) is 0 Å². The number of hydrogen-bond acceptors (Lipinski definition) is 4. The lowest BCUT2D eigenvalue weighted by Gasteiger charge is -2.07. The zero-order valence-corrected chi connectivity index (χ0v) is 9.65. The Morgan fingerprint density at radius 2 is 2.00 bits per heavy atom. The Kier molecular flexibility index (Phi) is 2.79. The normalized spacial score (nSPS) is 10.4. The van der Waals surface area contributed by atoms with E-state index in [2.05, 4.69) is 15.5 Å². The molecule has 1 N–H and O–H groups in total. The predicted octanol–water partition coefficient (Wildman–Crippen LogP) is 2.47. The van der Waals surface area contributed by atoms with Crippen molar-refractivity contribution in [2.75, 3.05) is 5.32 Å². The minimum absolute atomic E-state index is 0.665. The minimum Gasteiger partial charge on any atom is -0.467 e. The molecule has 0 bridgehead atoms. The molecule has 0 fully saturated rings. The maximum atomic E-state index is 5.27. The summed E-state index contributed by atoms with van der Waals surface area (Å²) in [5.74, 6) is 0.907. The predicted molar refractivity (Wildman–Crippen MR) is 67.4 cm³/mol. The SMILES string of the molecule is c1cc(NCc2ccco2)cc(-n2cnnc2)c1. The fourth-order valence-corrected chi connectivity index (χ4v) is 1.71. The van der Waals surface area contributed by atoms with E-state index in [1.807, 2.05) is 41.0 Å². The molecule has 0 aliphatic rings. The molecule has 1 aromatic carbocycles. The summed E-state index contributed by atoms with van der Waals surface area (Å²) in [5.41, 5.74) is 2.04. The van der Waals surface area contributed by atoms with Gasteiger partial charge in [-0.3, -0.25) is 4.57 Å². The summed E-state index contributed by atoms with van der Waals surface area (Å²) in [7, 11) is 0. The Balaban J connectivity index is 1.75. The van der Waals surface area contributed by atoms with Gasteiger partial charge in [-0.2, -0.15) is 0 Å². The highest BCUT2D eigenvalue weighted by atomic mass is 16.3. The number of aromatic nitrogens is 3. The lowest BCUT2D eigenvalue weighted by atomic mass is 10.2. The second kappa shape index (κ2) is 4.75. The molecule has 0 amide bonds. The number of nitrogens with zero attached hydrogens (tertiary/aromatic N) is 3. The summed E-state index contributed by atoms with van der Waals surface area (Å²) in [6, 6.07) is 11.9. The quantitative estimate of drug-likeness (QED) is 0.761.